The van der Waals surface area contributed by atoms with Gasteiger partial charge in [-0.1, -0.05) is 90.8 Å². The fourth-order valence-corrected chi connectivity index (χ4v) is 8.34. The number of nitrogens with one attached hydrogen (secondary N) is 3. The zero-order chi connectivity index (χ0) is 36.5. The Hall–Kier alpha value is -5.45. The first-order valence-electron chi connectivity index (χ1n) is 17.1. The summed E-state index contributed by atoms with van der Waals surface area (Å²) in [5.41, 5.74) is 5.02. The number of hydrogen-bond acceptors (Lipinski definition) is 7. The van der Waals surface area contributed by atoms with E-state index in [0.29, 0.717) is 21.8 Å². The molecule has 3 N–H and O–H groups in total. The molecule has 0 spiro atoms. The largest absolute Gasteiger partial charge is 0.465 e. The molecule has 0 bridgehead atoms. The molecule has 0 fully saturated rings. The minimum atomic E-state index is -0.679. The number of thioether (sulfide) groups is 1. The summed E-state index contributed by atoms with van der Waals surface area (Å²) in [6, 6.07) is 33.0. The van der Waals surface area contributed by atoms with E-state index in [4.69, 9.17) is 4.74 Å². The van der Waals surface area contributed by atoms with Crippen molar-refractivity contribution in [3.63, 3.8) is 0 Å². The number of hydrogen-bond donors (Lipinski definition) is 3. The van der Waals surface area contributed by atoms with Gasteiger partial charge < -0.3 is 20.7 Å². The Morgan fingerprint density at radius 2 is 1.52 bits per heavy atom. The number of esters is 1. The van der Waals surface area contributed by atoms with E-state index in [-0.39, 0.29) is 11.6 Å². The molecular formula is C42H39N3O5S2. The maximum absolute atomic E-state index is 14.1. The van der Waals surface area contributed by atoms with Crippen LogP contribution >= 0.6 is 23.1 Å². The summed E-state index contributed by atoms with van der Waals surface area (Å²) < 4.78 is 5.16. The van der Waals surface area contributed by atoms with Crippen LogP contribution in [-0.4, -0.2) is 30.8 Å². The number of carbonyl (C=O) groups excluding carboxylic acids is 4. The maximum atomic E-state index is 14.1. The molecule has 1 aliphatic rings. The van der Waals surface area contributed by atoms with Crippen LogP contribution in [0.2, 0.25) is 0 Å². The molecule has 8 nitrogen and oxygen atoms in total. The van der Waals surface area contributed by atoms with E-state index in [0.717, 1.165) is 64.1 Å². The highest BCUT2D eigenvalue weighted by molar-refractivity contribution is 8.00. The topological polar surface area (TPSA) is 114 Å². The zero-order valence-electron chi connectivity index (χ0n) is 28.9. The van der Waals surface area contributed by atoms with Gasteiger partial charge >= 0.3 is 5.97 Å². The predicted octanol–water partition coefficient (Wildman–Crippen LogP) is 8.99. The monoisotopic (exact) mass is 729 g/mol. The second kappa shape index (κ2) is 17.2. The van der Waals surface area contributed by atoms with Crippen LogP contribution in [0.4, 0.5) is 10.7 Å². The third-order valence-electron chi connectivity index (χ3n) is 8.65. The van der Waals surface area contributed by atoms with Gasteiger partial charge in [0.15, 0.2) is 0 Å². The van der Waals surface area contributed by atoms with Crippen LogP contribution in [0.5, 0.6) is 0 Å². The number of methoxy groups -OCH3 is 1. The Kier molecular flexibility index (Phi) is 12.0. The van der Waals surface area contributed by atoms with Crippen molar-refractivity contribution >= 4 is 63.6 Å². The van der Waals surface area contributed by atoms with Gasteiger partial charge in [0.2, 0.25) is 5.91 Å². The molecule has 1 unspecified atom stereocenters. The summed E-state index contributed by atoms with van der Waals surface area (Å²) in [6.07, 6.45) is 6.41. The molecule has 264 valence electrons. The van der Waals surface area contributed by atoms with Gasteiger partial charge in [0, 0.05) is 21.0 Å². The van der Waals surface area contributed by atoms with Crippen LogP contribution in [0.3, 0.4) is 0 Å². The quantitative estimate of drug-likeness (QED) is 0.0542. The number of aryl methyl sites for hydroxylation is 2. The molecule has 3 amide bonds. The molecule has 0 saturated heterocycles. The van der Waals surface area contributed by atoms with Crippen LogP contribution in [-0.2, 0) is 27.2 Å². The number of benzene rings is 4. The number of anilines is 2. The van der Waals surface area contributed by atoms with Gasteiger partial charge in [-0.3, -0.25) is 14.4 Å². The Morgan fingerprint density at radius 3 is 2.25 bits per heavy atom. The van der Waals surface area contributed by atoms with E-state index in [1.165, 1.54) is 30.2 Å². The number of rotatable bonds is 11. The molecule has 1 heterocycles. The Labute approximate surface area is 311 Å². The molecular weight excluding hydrogens is 691 g/mol. The van der Waals surface area contributed by atoms with Gasteiger partial charge in [0.05, 0.1) is 12.7 Å². The maximum Gasteiger partial charge on any atom is 0.341 e. The summed E-state index contributed by atoms with van der Waals surface area (Å²) in [6.45, 7) is 1.98. The van der Waals surface area contributed by atoms with E-state index < -0.39 is 23.0 Å². The Balaban J connectivity index is 1.25. The fourth-order valence-electron chi connectivity index (χ4n) is 5.98. The van der Waals surface area contributed by atoms with Gasteiger partial charge in [-0.25, -0.2) is 4.79 Å². The minimum absolute atomic E-state index is 0.0769. The van der Waals surface area contributed by atoms with Gasteiger partial charge in [0.1, 0.15) is 15.9 Å². The lowest BCUT2D eigenvalue weighted by atomic mass is 10.1. The Morgan fingerprint density at radius 1 is 0.808 bits per heavy atom. The van der Waals surface area contributed by atoms with E-state index >= 15 is 0 Å². The number of amides is 3. The summed E-state index contributed by atoms with van der Waals surface area (Å²) >= 11 is 2.79. The van der Waals surface area contributed by atoms with Crippen LogP contribution in [0.1, 0.15) is 72.4 Å². The van der Waals surface area contributed by atoms with Crippen molar-refractivity contribution in [3.05, 3.63) is 153 Å². The molecule has 52 heavy (non-hydrogen) atoms. The zero-order valence-corrected chi connectivity index (χ0v) is 30.6. The van der Waals surface area contributed by atoms with Gasteiger partial charge in [-0.05, 0) is 85.7 Å². The molecule has 1 aliphatic carbocycles. The molecule has 5 aromatic rings. The first kappa shape index (κ1) is 36.3. The van der Waals surface area contributed by atoms with Crippen molar-refractivity contribution in [2.45, 2.75) is 49.2 Å². The fraction of sp³-hybridized carbons (Fsp3) is 0.190. The number of thiophene rings is 1. The van der Waals surface area contributed by atoms with E-state index in [2.05, 4.69) is 16.0 Å². The van der Waals surface area contributed by atoms with Gasteiger partial charge in [-0.15, -0.1) is 23.1 Å². The summed E-state index contributed by atoms with van der Waals surface area (Å²) in [5, 5.41) is 8.62. The van der Waals surface area contributed by atoms with Crippen LogP contribution < -0.4 is 16.0 Å². The second-order valence-corrected chi connectivity index (χ2v) is 14.7. The SMILES string of the molecule is COC(=O)c1c(NC(=O)C(Sc2cccc(NC(=O)/C(=C\c3ccc(C)cc3)NC(=O)c3ccccc3)c2)c2ccccc2)sc2c1CCCCC2. The van der Waals surface area contributed by atoms with Gasteiger partial charge in [-0.2, -0.15) is 0 Å². The minimum Gasteiger partial charge on any atom is -0.465 e. The second-order valence-electron chi connectivity index (χ2n) is 12.4. The lowest BCUT2D eigenvalue weighted by molar-refractivity contribution is -0.116. The smallest absolute Gasteiger partial charge is 0.341 e. The predicted molar refractivity (Wildman–Crippen MR) is 209 cm³/mol. The first-order chi connectivity index (χ1) is 25.3. The van der Waals surface area contributed by atoms with Crippen molar-refractivity contribution in [1.29, 1.82) is 0 Å². The van der Waals surface area contributed by atoms with Crippen molar-refractivity contribution in [2.24, 2.45) is 0 Å². The van der Waals surface area contributed by atoms with Crippen LogP contribution in [0, 0.1) is 6.92 Å². The van der Waals surface area contributed by atoms with Crippen molar-refractivity contribution < 1.29 is 23.9 Å². The normalized spacial score (nSPS) is 13.2. The lowest BCUT2D eigenvalue weighted by Gasteiger charge is -2.18. The summed E-state index contributed by atoms with van der Waals surface area (Å²) in [5.74, 6) is -1.64. The van der Waals surface area contributed by atoms with Crippen LogP contribution in [0.15, 0.2) is 120 Å². The molecule has 1 atom stereocenters. The van der Waals surface area contributed by atoms with Crippen molar-refractivity contribution in [2.75, 3.05) is 17.7 Å². The third kappa shape index (κ3) is 9.06. The van der Waals surface area contributed by atoms with E-state index in [9.17, 15) is 19.2 Å². The number of ether oxygens (including phenoxy) is 1. The molecule has 1 aromatic heterocycles. The van der Waals surface area contributed by atoms with E-state index in [1.54, 1.807) is 48.5 Å². The van der Waals surface area contributed by atoms with Crippen molar-refractivity contribution in [1.82, 2.24) is 5.32 Å². The molecule has 4 aromatic carbocycles. The molecule has 0 radical (unpaired) electrons. The standard InChI is InChI=1S/C42H39N3O5S2/c1-27-21-23-28(24-22-27)25-34(44-38(46)30-15-8-4-9-16-30)39(47)43-31-17-12-18-32(26-31)51-37(29-13-6-3-7-14-29)40(48)45-41-36(42(49)50-2)33-19-10-5-11-20-35(33)52-41/h3-4,6-9,12-18,21-26,37H,5,10-11,19-20H2,1-2H3,(H,43,47)(H,44,46)(H,45,48)/b34-25+. The first-order valence-corrected chi connectivity index (χ1v) is 18.8. The lowest BCUT2D eigenvalue weighted by Crippen LogP contribution is -2.30. The average Bonchev–Trinajstić information content (AvgIpc) is 3.33. The summed E-state index contributed by atoms with van der Waals surface area (Å²) in [4.78, 5) is 55.8. The number of fused-ring (bicyclic) bond motifs is 1. The highest BCUT2D eigenvalue weighted by Gasteiger charge is 2.29. The molecule has 0 aliphatic heterocycles. The highest BCUT2D eigenvalue weighted by Crippen LogP contribution is 2.41. The van der Waals surface area contributed by atoms with Crippen LogP contribution in [0.25, 0.3) is 6.08 Å². The molecule has 6 rings (SSSR count). The summed E-state index contributed by atoms with van der Waals surface area (Å²) in [7, 11) is 1.36. The van der Waals surface area contributed by atoms with Gasteiger partial charge in [0.25, 0.3) is 11.8 Å². The highest BCUT2D eigenvalue weighted by atomic mass is 32.2. The molecule has 0 saturated carbocycles. The number of carbonyl (C=O) groups is 4. The average molecular weight is 730 g/mol. The van der Waals surface area contributed by atoms with Crippen molar-refractivity contribution in [3.8, 4) is 0 Å². The third-order valence-corrected chi connectivity index (χ3v) is 11.1. The van der Waals surface area contributed by atoms with E-state index in [1.807, 2.05) is 73.7 Å². The Bertz CT molecular complexity index is 2090. The molecule has 10 heteroatoms.